The first-order valence-electron chi connectivity index (χ1n) is 6.07. The summed E-state index contributed by atoms with van der Waals surface area (Å²) in [6.45, 7) is 0.314. The van der Waals surface area contributed by atoms with Crippen molar-refractivity contribution in [1.82, 2.24) is 15.5 Å². The van der Waals surface area contributed by atoms with Crippen LogP contribution in [0.2, 0.25) is 0 Å². The van der Waals surface area contributed by atoms with Crippen LogP contribution in [-0.2, 0) is 4.79 Å². The highest BCUT2D eigenvalue weighted by Crippen LogP contribution is 2.35. The van der Waals surface area contributed by atoms with Crippen LogP contribution >= 0.6 is 0 Å². The van der Waals surface area contributed by atoms with Gasteiger partial charge in [-0.1, -0.05) is 0 Å². The van der Waals surface area contributed by atoms with Gasteiger partial charge in [0.1, 0.15) is 0 Å². The first-order chi connectivity index (χ1) is 8.11. The Morgan fingerprint density at radius 1 is 1.29 bits per heavy atom. The zero-order chi connectivity index (χ0) is 12.4. The van der Waals surface area contributed by atoms with Crippen LogP contribution in [0.1, 0.15) is 25.7 Å². The fourth-order valence-electron chi connectivity index (χ4n) is 3.05. The Bertz CT molecular complexity index is 307. The van der Waals surface area contributed by atoms with Crippen molar-refractivity contribution in [2.75, 3.05) is 13.6 Å². The number of carbonyl (C=O) groups is 2. The molecule has 2 heterocycles. The van der Waals surface area contributed by atoms with E-state index in [0.717, 1.165) is 25.7 Å². The third-order valence-electron chi connectivity index (χ3n) is 3.66. The molecule has 0 spiro atoms. The number of carbonyl (C=O) groups excluding carboxylic acids is 1. The molecule has 0 aromatic rings. The summed E-state index contributed by atoms with van der Waals surface area (Å²) in [7, 11) is 1.73. The third-order valence-corrected chi connectivity index (χ3v) is 3.66. The molecule has 0 aromatic carbocycles. The monoisotopic (exact) mass is 241 g/mol. The van der Waals surface area contributed by atoms with Crippen LogP contribution in [0.4, 0.5) is 4.79 Å². The van der Waals surface area contributed by atoms with Gasteiger partial charge in [-0.3, -0.25) is 4.79 Å². The molecule has 2 rings (SSSR count). The molecule has 0 aliphatic carbocycles. The van der Waals surface area contributed by atoms with Gasteiger partial charge in [0.15, 0.2) is 0 Å². The van der Waals surface area contributed by atoms with Crippen LogP contribution < -0.4 is 10.6 Å². The molecule has 6 heteroatoms. The summed E-state index contributed by atoms with van der Waals surface area (Å²) in [5.74, 6) is -0.0133. The van der Waals surface area contributed by atoms with E-state index in [1.54, 1.807) is 11.9 Å². The lowest BCUT2D eigenvalue weighted by Gasteiger charge is -2.37. The van der Waals surface area contributed by atoms with E-state index in [1.807, 2.05) is 0 Å². The molecule has 3 atom stereocenters. The number of rotatable bonds is 3. The first-order valence-corrected chi connectivity index (χ1v) is 6.07. The van der Waals surface area contributed by atoms with Crippen molar-refractivity contribution in [3.63, 3.8) is 0 Å². The second-order valence-electron chi connectivity index (χ2n) is 4.84. The maximum Gasteiger partial charge on any atom is 0.407 e. The summed E-state index contributed by atoms with van der Waals surface area (Å²) in [6.07, 6.45) is 2.53. The van der Waals surface area contributed by atoms with Gasteiger partial charge in [0.05, 0.1) is 6.54 Å². The van der Waals surface area contributed by atoms with Crippen molar-refractivity contribution in [2.45, 2.75) is 43.8 Å². The Labute approximate surface area is 100 Å². The highest BCUT2D eigenvalue weighted by atomic mass is 16.4. The number of likely N-dealkylation sites (N-methyl/N-ethyl adjacent to an activating group) is 1. The van der Waals surface area contributed by atoms with Crippen LogP contribution in [0.15, 0.2) is 0 Å². The van der Waals surface area contributed by atoms with E-state index in [-0.39, 0.29) is 24.0 Å². The third kappa shape index (κ3) is 2.52. The predicted molar refractivity (Wildman–Crippen MR) is 61.8 cm³/mol. The molecule has 2 amide bonds. The number of amides is 2. The summed E-state index contributed by atoms with van der Waals surface area (Å²) in [6, 6.07) is 0.307. The number of piperidine rings is 1. The Hall–Kier alpha value is -1.30. The molecule has 6 nitrogen and oxygen atoms in total. The molecule has 2 aliphatic heterocycles. The van der Waals surface area contributed by atoms with E-state index in [2.05, 4.69) is 10.6 Å². The number of fused-ring (bicyclic) bond motifs is 2. The van der Waals surface area contributed by atoms with Crippen molar-refractivity contribution in [1.29, 1.82) is 0 Å². The molecule has 0 radical (unpaired) electrons. The topological polar surface area (TPSA) is 81.7 Å². The fraction of sp³-hybridized carbons (Fsp3) is 0.818. The van der Waals surface area contributed by atoms with Crippen LogP contribution in [0.5, 0.6) is 0 Å². The van der Waals surface area contributed by atoms with Crippen molar-refractivity contribution in [3.05, 3.63) is 0 Å². The Morgan fingerprint density at radius 2 is 1.88 bits per heavy atom. The summed E-state index contributed by atoms with van der Waals surface area (Å²) in [5.41, 5.74) is 0. The maximum atomic E-state index is 11.5. The maximum absolute atomic E-state index is 11.5. The number of nitrogens with zero attached hydrogens (tertiary/aromatic N) is 1. The van der Waals surface area contributed by atoms with E-state index in [1.165, 1.54) is 0 Å². The van der Waals surface area contributed by atoms with Gasteiger partial charge in [-0.15, -0.1) is 0 Å². The Balaban J connectivity index is 1.91. The lowest BCUT2D eigenvalue weighted by atomic mass is 9.98. The molecule has 17 heavy (non-hydrogen) atoms. The average molecular weight is 241 g/mol. The van der Waals surface area contributed by atoms with Gasteiger partial charge in [0.2, 0.25) is 5.91 Å². The van der Waals surface area contributed by atoms with E-state index in [4.69, 9.17) is 5.11 Å². The molecule has 0 aromatic heterocycles. The number of nitrogens with one attached hydrogen (secondary N) is 2. The fourth-order valence-corrected chi connectivity index (χ4v) is 3.05. The minimum Gasteiger partial charge on any atom is -0.465 e. The van der Waals surface area contributed by atoms with Crippen LogP contribution in [0.3, 0.4) is 0 Å². The van der Waals surface area contributed by atoms with Crippen molar-refractivity contribution >= 4 is 12.0 Å². The quantitative estimate of drug-likeness (QED) is 0.649. The van der Waals surface area contributed by atoms with Gasteiger partial charge in [0, 0.05) is 18.1 Å². The molecule has 2 bridgehead atoms. The molecule has 96 valence electrons. The standard InChI is InChI=1S/C11H19N3O3/c1-12-6-10(15)13-7-4-8-2-3-9(5-7)14(8)11(16)17/h7-9,12H,2-6H2,1H3,(H,13,15)(H,16,17)/t7-,8+,9-. The van der Waals surface area contributed by atoms with Crippen LogP contribution in [0, 0.1) is 0 Å². The van der Waals surface area contributed by atoms with Crippen LogP contribution in [0.25, 0.3) is 0 Å². The summed E-state index contributed by atoms with van der Waals surface area (Å²) in [4.78, 5) is 24.1. The SMILES string of the molecule is CNCC(=O)N[C@H]1C[C@H]2CC[C@@H](C1)N2C(=O)O. The predicted octanol–water partition coefficient (Wildman–Crippen LogP) is -0.00460. The zero-order valence-electron chi connectivity index (χ0n) is 9.98. The Morgan fingerprint density at radius 3 is 2.35 bits per heavy atom. The van der Waals surface area contributed by atoms with E-state index in [9.17, 15) is 9.59 Å². The lowest BCUT2D eigenvalue weighted by Crippen LogP contribution is -2.52. The van der Waals surface area contributed by atoms with Crippen molar-refractivity contribution in [2.24, 2.45) is 0 Å². The molecular formula is C11H19N3O3. The minimum absolute atomic E-state index is 0.0133. The average Bonchev–Trinajstić information content (AvgIpc) is 2.51. The normalized spacial score (nSPS) is 31.4. The highest BCUT2D eigenvalue weighted by molar-refractivity contribution is 5.78. The van der Waals surface area contributed by atoms with E-state index in [0.29, 0.717) is 6.54 Å². The summed E-state index contributed by atoms with van der Waals surface area (Å²) >= 11 is 0. The summed E-state index contributed by atoms with van der Waals surface area (Å²) in [5, 5.41) is 14.9. The molecular weight excluding hydrogens is 222 g/mol. The second kappa shape index (κ2) is 4.91. The number of carboxylic acid groups (broad SMARTS) is 1. The lowest BCUT2D eigenvalue weighted by molar-refractivity contribution is -0.121. The van der Waals surface area contributed by atoms with E-state index < -0.39 is 6.09 Å². The van der Waals surface area contributed by atoms with Gasteiger partial charge >= 0.3 is 6.09 Å². The second-order valence-corrected chi connectivity index (χ2v) is 4.84. The Kier molecular flexibility index (Phi) is 3.51. The first kappa shape index (κ1) is 12.2. The molecule has 2 saturated heterocycles. The largest absolute Gasteiger partial charge is 0.465 e. The van der Waals surface area contributed by atoms with Gasteiger partial charge in [-0.25, -0.2) is 4.79 Å². The smallest absolute Gasteiger partial charge is 0.407 e. The van der Waals surface area contributed by atoms with Crippen LogP contribution in [-0.4, -0.2) is 53.7 Å². The van der Waals surface area contributed by atoms with Crippen molar-refractivity contribution < 1.29 is 14.7 Å². The van der Waals surface area contributed by atoms with Gasteiger partial charge < -0.3 is 20.6 Å². The zero-order valence-corrected chi connectivity index (χ0v) is 9.98. The molecule has 0 unspecified atom stereocenters. The molecule has 2 aliphatic rings. The molecule has 0 saturated carbocycles. The molecule has 3 N–H and O–H groups in total. The van der Waals surface area contributed by atoms with Gasteiger partial charge in [-0.05, 0) is 32.7 Å². The summed E-state index contributed by atoms with van der Waals surface area (Å²) < 4.78 is 0. The minimum atomic E-state index is -0.822. The van der Waals surface area contributed by atoms with Crippen molar-refractivity contribution in [3.8, 4) is 0 Å². The molecule has 2 fully saturated rings. The number of hydrogen-bond acceptors (Lipinski definition) is 3. The van der Waals surface area contributed by atoms with Gasteiger partial charge in [-0.2, -0.15) is 0 Å². The van der Waals surface area contributed by atoms with E-state index >= 15 is 0 Å². The highest BCUT2D eigenvalue weighted by Gasteiger charge is 2.43. The number of hydrogen-bond donors (Lipinski definition) is 3. The van der Waals surface area contributed by atoms with Gasteiger partial charge in [0.25, 0.3) is 0 Å².